The first-order chi connectivity index (χ1) is 7.34. The van der Waals surface area contributed by atoms with Crippen molar-refractivity contribution in [2.45, 2.75) is 39.4 Å². The van der Waals surface area contributed by atoms with Crippen molar-refractivity contribution in [3.8, 4) is 0 Å². The summed E-state index contributed by atoms with van der Waals surface area (Å²) in [6.07, 6.45) is -3.50. The Morgan fingerprint density at radius 3 is 2.44 bits per heavy atom. The van der Waals surface area contributed by atoms with E-state index in [1.165, 1.54) is 0 Å². The number of anilines is 1. The van der Waals surface area contributed by atoms with Gasteiger partial charge in [-0.25, -0.2) is 0 Å². The molecule has 0 amide bonds. The van der Waals surface area contributed by atoms with Crippen LogP contribution in [0.3, 0.4) is 0 Å². The van der Waals surface area contributed by atoms with E-state index in [9.17, 15) is 13.2 Å². The van der Waals surface area contributed by atoms with Gasteiger partial charge in [0, 0.05) is 17.6 Å². The second-order valence-electron chi connectivity index (χ2n) is 3.74. The lowest BCUT2D eigenvalue weighted by molar-refractivity contribution is -0.144. The van der Waals surface area contributed by atoms with E-state index in [1.807, 2.05) is 20.8 Å². The molecule has 0 aliphatic heterocycles. The molecule has 0 aliphatic rings. The Balaban J connectivity index is 2.66. The molecule has 1 rings (SSSR count). The van der Waals surface area contributed by atoms with Crippen molar-refractivity contribution < 1.29 is 13.2 Å². The number of halogens is 3. The van der Waals surface area contributed by atoms with Gasteiger partial charge in [-0.2, -0.15) is 22.5 Å². The summed E-state index contributed by atoms with van der Waals surface area (Å²) in [5, 5.41) is 3.15. The molecule has 0 saturated carbocycles. The van der Waals surface area contributed by atoms with Gasteiger partial charge in [0.1, 0.15) is 0 Å². The van der Waals surface area contributed by atoms with E-state index in [4.69, 9.17) is 0 Å². The SMILES string of the molecule is CCC(C)C(C)Nc1nc(C(F)(F)F)ns1. The van der Waals surface area contributed by atoms with Gasteiger partial charge in [-0.15, -0.1) is 0 Å². The van der Waals surface area contributed by atoms with Crippen LogP contribution in [0.2, 0.25) is 0 Å². The van der Waals surface area contributed by atoms with E-state index in [0.717, 1.165) is 18.0 Å². The number of hydrogen-bond acceptors (Lipinski definition) is 4. The lowest BCUT2D eigenvalue weighted by Gasteiger charge is -2.18. The van der Waals surface area contributed by atoms with E-state index < -0.39 is 12.0 Å². The minimum Gasteiger partial charge on any atom is -0.358 e. The first-order valence-electron chi connectivity index (χ1n) is 5.02. The van der Waals surface area contributed by atoms with Crippen molar-refractivity contribution in [2.75, 3.05) is 5.32 Å². The summed E-state index contributed by atoms with van der Waals surface area (Å²) < 4.78 is 39.9. The zero-order chi connectivity index (χ0) is 12.3. The normalized spacial score (nSPS) is 15.9. The number of aromatic nitrogens is 2. The second kappa shape index (κ2) is 4.99. The first kappa shape index (κ1) is 13.2. The summed E-state index contributed by atoms with van der Waals surface area (Å²) in [6, 6.07) is 0.0824. The van der Waals surface area contributed by atoms with Crippen LogP contribution in [-0.2, 0) is 6.18 Å². The van der Waals surface area contributed by atoms with Crippen LogP contribution in [0.15, 0.2) is 0 Å². The van der Waals surface area contributed by atoms with Crippen LogP contribution in [-0.4, -0.2) is 15.4 Å². The van der Waals surface area contributed by atoms with Crippen molar-refractivity contribution >= 4 is 16.7 Å². The van der Waals surface area contributed by atoms with E-state index in [2.05, 4.69) is 14.7 Å². The fourth-order valence-corrected chi connectivity index (χ4v) is 1.77. The third-order valence-electron chi connectivity index (χ3n) is 2.53. The zero-order valence-electron chi connectivity index (χ0n) is 9.30. The third-order valence-corrected chi connectivity index (χ3v) is 3.17. The average molecular weight is 253 g/mol. The molecular formula is C9H14F3N3S. The summed E-state index contributed by atoms with van der Waals surface area (Å²) >= 11 is 0.740. The molecule has 0 saturated heterocycles. The topological polar surface area (TPSA) is 37.8 Å². The van der Waals surface area contributed by atoms with Crippen molar-refractivity contribution in [3.63, 3.8) is 0 Å². The summed E-state index contributed by atoms with van der Waals surface area (Å²) in [5.41, 5.74) is 0. The van der Waals surface area contributed by atoms with Crippen molar-refractivity contribution in [3.05, 3.63) is 5.82 Å². The van der Waals surface area contributed by atoms with Gasteiger partial charge >= 0.3 is 6.18 Å². The molecule has 1 N–H and O–H groups in total. The predicted molar refractivity (Wildman–Crippen MR) is 57.5 cm³/mol. The molecule has 2 atom stereocenters. The number of rotatable bonds is 4. The molecular weight excluding hydrogens is 239 g/mol. The van der Waals surface area contributed by atoms with Crippen molar-refractivity contribution in [1.29, 1.82) is 0 Å². The van der Waals surface area contributed by atoms with Gasteiger partial charge in [0.2, 0.25) is 11.0 Å². The highest BCUT2D eigenvalue weighted by molar-refractivity contribution is 7.09. The van der Waals surface area contributed by atoms with Gasteiger partial charge in [-0.05, 0) is 12.8 Å². The monoisotopic (exact) mass is 253 g/mol. The molecule has 0 fully saturated rings. The lowest BCUT2D eigenvalue weighted by atomic mass is 10.0. The zero-order valence-corrected chi connectivity index (χ0v) is 10.1. The molecule has 0 radical (unpaired) electrons. The van der Waals surface area contributed by atoms with Crippen LogP contribution < -0.4 is 5.32 Å². The first-order valence-corrected chi connectivity index (χ1v) is 5.79. The minimum atomic E-state index is -4.46. The number of nitrogens with one attached hydrogen (secondary N) is 1. The Kier molecular flexibility index (Phi) is 4.12. The van der Waals surface area contributed by atoms with E-state index >= 15 is 0 Å². The van der Waals surface area contributed by atoms with Crippen LogP contribution in [0.5, 0.6) is 0 Å². The Hall–Kier alpha value is -0.850. The number of hydrogen-bond donors (Lipinski definition) is 1. The quantitative estimate of drug-likeness (QED) is 0.893. The summed E-state index contributed by atoms with van der Waals surface area (Å²) in [7, 11) is 0. The molecule has 7 heteroatoms. The van der Waals surface area contributed by atoms with Gasteiger partial charge in [-0.3, -0.25) is 0 Å². The fraction of sp³-hybridized carbons (Fsp3) is 0.778. The standard InChI is InChI=1S/C9H14F3N3S/c1-4-5(2)6(3)13-8-14-7(15-16-8)9(10,11)12/h5-6H,4H2,1-3H3,(H,13,14,15). The van der Waals surface area contributed by atoms with Crippen molar-refractivity contribution in [1.82, 2.24) is 9.36 Å². The smallest absolute Gasteiger partial charge is 0.358 e. The molecule has 0 spiro atoms. The van der Waals surface area contributed by atoms with Gasteiger partial charge in [0.25, 0.3) is 0 Å². The Bertz CT molecular complexity index is 337. The molecule has 0 bridgehead atoms. The molecule has 1 aromatic heterocycles. The largest absolute Gasteiger partial charge is 0.452 e. The van der Waals surface area contributed by atoms with Gasteiger partial charge in [0.05, 0.1) is 0 Å². The Morgan fingerprint density at radius 1 is 1.38 bits per heavy atom. The third kappa shape index (κ3) is 3.33. The van der Waals surface area contributed by atoms with Crippen LogP contribution >= 0.6 is 11.5 Å². The highest BCUT2D eigenvalue weighted by Crippen LogP contribution is 2.29. The number of alkyl halides is 3. The molecule has 0 aromatic carbocycles. The summed E-state index contributed by atoms with van der Waals surface area (Å²) in [4.78, 5) is 3.41. The van der Waals surface area contributed by atoms with Crippen LogP contribution in [0.25, 0.3) is 0 Å². The Morgan fingerprint density at radius 2 is 2.00 bits per heavy atom. The highest BCUT2D eigenvalue weighted by atomic mass is 32.1. The van der Waals surface area contributed by atoms with Gasteiger partial charge < -0.3 is 5.32 Å². The van der Waals surface area contributed by atoms with Crippen LogP contribution in [0.1, 0.15) is 33.0 Å². The molecule has 92 valence electrons. The molecule has 16 heavy (non-hydrogen) atoms. The minimum absolute atomic E-state index is 0.0824. The summed E-state index contributed by atoms with van der Waals surface area (Å²) in [6.45, 7) is 5.98. The van der Waals surface area contributed by atoms with Gasteiger partial charge in [-0.1, -0.05) is 20.3 Å². The van der Waals surface area contributed by atoms with Crippen LogP contribution in [0.4, 0.5) is 18.3 Å². The van der Waals surface area contributed by atoms with Gasteiger partial charge in [0.15, 0.2) is 0 Å². The molecule has 1 heterocycles. The maximum absolute atomic E-state index is 12.2. The predicted octanol–water partition coefficient (Wildman–Crippen LogP) is 3.40. The Labute approximate surface area is 96.3 Å². The van der Waals surface area contributed by atoms with Crippen molar-refractivity contribution in [2.24, 2.45) is 5.92 Å². The highest BCUT2D eigenvalue weighted by Gasteiger charge is 2.36. The van der Waals surface area contributed by atoms with E-state index in [1.54, 1.807) is 0 Å². The number of nitrogens with zero attached hydrogens (tertiary/aromatic N) is 2. The second-order valence-corrected chi connectivity index (χ2v) is 4.49. The fourth-order valence-electron chi connectivity index (χ4n) is 1.09. The molecule has 1 aromatic rings. The summed E-state index contributed by atoms with van der Waals surface area (Å²) in [5.74, 6) is -0.699. The van der Waals surface area contributed by atoms with Crippen LogP contribution in [0, 0.1) is 5.92 Å². The average Bonchev–Trinajstić information content (AvgIpc) is 2.64. The molecule has 2 unspecified atom stereocenters. The molecule has 0 aliphatic carbocycles. The maximum atomic E-state index is 12.2. The van der Waals surface area contributed by atoms with E-state index in [-0.39, 0.29) is 11.2 Å². The lowest BCUT2D eigenvalue weighted by Crippen LogP contribution is -2.23. The maximum Gasteiger partial charge on any atom is 0.452 e. The van der Waals surface area contributed by atoms with E-state index in [0.29, 0.717) is 5.92 Å². The molecule has 3 nitrogen and oxygen atoms in total.